The molecule has 0 saturated heterocycles. The molecule has 0 saturated carbocycles. The van der Waals surface area contributed by atoms with Crippen molar-refractivity contribution in [3.8, 4) is 11.3 Å². The van der Waals surface area contributed by atoms with Gasteiger partial charge in [-0.3, -0.25) is 10.1 Å². The molecule has 0 fully saturated rings. The minimum atomic E-state index is -0.380. The Morgan fingerprint density at radius 2 is 2.00 bits per heavy atom. The molecule has 0 aliphatic heterocycles. The lowest BCUT2D eigenvalue weighted by molar-refractivity contribution is 0.102. The number of halogens is 3. The zero-order valence-corrected chi connectivity index (χ0v) is 15.3. The van der Waals surface area contributed by atoms with E-state index in [0.717, 1.165) is 15.7 Å². The van der Waals surface area contributed by atoms with Gasteiger partial charge in [-0.2, -0.15) is 0 Å². The van der Waals surface area contributed by atoms with E-state index in [-0.39, 0.29) is 21.8 Å². The molecule has 0 unspecified atom stereocenters. The standard InChI is InChI=1S/C15H8BrCl2N3OS/c16-9-3-1-2-8(6-9)11-7-23-15(19-11)21-14(22)10-4-5-12(17)20-13(10)18/h1-7H,(H,19,21,22). The van der Waals surface area contributed by atoms with Crippen LogP contribution in [-0.2, 0) is 0 Å². The Balaban J connectivity index is 1.80. The topological polar surface area (TPSA) is 54.9 Å². The first-order valence-corrected chi connectivity index (χ1v) is 8.80. The molecule has 0 bridgehead atoms. The van der Waals surface area contributed by atoms with Crippen LogP contribution in [0.25, 0.3) is 11.3 Å². The molecule has 8 heteroatoms. The first-order valence-electron chi connectivity index (χ1n) is 6.38. The maximum Gasteiger partial charge on any atom is 0.260 e. The van der Waals surface area contributed by atoms with Gasteiger partial charge in [-0.25, -0.2) is 9.97 Å². The van der Waals surface area contributed by atoms with E-state index in [1.807, 2.05) is 29.6 Å². The Hall–Kier alpha value is -1.47. The van der Waals surface area contributed by atoms with Crippen molar-refractivity contribution in [3.63, 3.8) is 0 Å². The average molecular weight is 429 g/mol. The van der Waals surface area contributed by atoms with E-state index in [4.69, 9.17) is 23.2 Å². The van der Waals surface area contributed by atoms with Gasteiger partial charge in [-0.15, -0.1) is 11.3 Å². The van der Waals surface area contributed by atoms with Crippen molar-refractivity contribution in [3.05, 3.63) is 62.1 Å². The molecule has 23 heavy (non-hydrogen) atoms. The summed E-state index contributed by atoms with van der Waals surface area (Å²) in [4.78, 5) is 20.5. The highest BCUT2D eigenvalue weighted by Crippen LogP contribution is 2.27. The summed E-state index contributed by atoms with van der Waals surface area (Å²) in [5, 5.41) is 5.36. The number of hydrogen-bond donors (Lipinski definition) is 1. The lowest BCUT2D eigenvalue weighted by Crippen LogP contribution is -2.12. The van der Waals surface area contributed by atoms with Gasteiger partial charge in [0.05, 0.1) is 11.3 Å². The molecule has 116 valence electrons. The van der Waals surface area contributed by atoms with E-state index in [0.29, 0.717) is 5.13 Å². The number of hydrogen-bond acceptors (Lipinski definition) is 4. The molecule has 0 spiro atoms. The van der Waals surface area contributed by atoms with Gasteiger partial charge in [0.2, 0.25) is 0 Å². The fourth-order valence-electron chi connectivity index (χ4n) is 1.86. The van der Waals surface area contributed by atoms with E-state index in [2.05, 4.69) is 31.2 Å². The Morgan fingerprint density at radius 1 is 1.17 bits per heavy atom. The van der Waals surface area contributed by atoms with Crippen molar-refractivity contribution in [1.29, 1.82) is 0 Å². The summed E-state index contributed by atoms with van der Waals surface area (Å²) in [6, 6.07) is 10.8. The Labute approximate surface area is 154 Å². The van der Waals surface area contributed by atoms with Crippen molar-refractivity contribution in [2.24, 2.45) is 0 Å². The average Bonchev–Trinajstić information content (AvgIpc) is 2.95. The minimum absolute atomic E-state index is 0.0544. The third-order valence-electron chi connectivity index (χ3n) is 2.90. The number of carbonyl (C=O) groups excluding carboxylic acids is 1. The predicted molar refractivity (Wildman–Crippen MR) is 97.5 cm³/mol. The molecule has 3 aromatic rings. The number of benzene rings is 1. The molecule has 1 aromatic carbocycles. The van der Waals surface area contributed by atoms with E-state index < -0.39 is 0 Å². The highest BCUT2D eigenvalue weighted by atomic mass is 79.9. The Morgan fingerprint density at radius 3 is 2.74 bits per heavy atom. The van der Waals surface area contributed by atoms with Crippen molar-refractivity contribution < 1.29 is 4.79 Å². The van der Waals surface area contributed by atoms with Gasteiger partial charge in [0.15, 0.2) is 5.13 Å². The van der Waals surface area contributed by atoms with Gasteiger partial charge in [0.25, 0.3) is 5.91 Å². The first-order chi connectivity index (χ1) is 11.0. The Bertz CT molecular complexity index is 885. The maximum absolute atomic E-state index is 12.2. The second-order valence-electron chi connectivity index (χ2n) is 4.47. The molecule has 0 atom stereocenters. The molecule has 0 aliphatic rings. The lowest BCUT2D eigenvalue weighted by Gasteiger charge is -2.03. The van der Waals surface area contributed by atoms with Gasteiger partial charge >= 0.3 is 0 Å². The minimum Gasteiger partial charge on any atom is -0.298 e. The summed E-state index contributed by atoms with van der Waals surface area (Å²) in [6.07, 6.45) is 0. The van der Waals surface area contributed by atoms with Gasteiger partial charge < -0.3 is 0 Å². The van der Waals surface area contributed by atoms with Crippen LogP contribution in [0.1, 0.15) is 10.4 Å². The molecular formula is C15H8BrCl2N3OS. The van der Waals surface area contributed by atoms with Gasteiger partial charge in [0, 0.05) is 15.4 Å². The summed E-state index contributed by atoms with van der Waals surface area (Å²) in [7, 11) is 0. The smallest absolute Gasteiger partial charge is 0.260 e. The monoisotopic (exact) mass is 427 g/mol. The summed E-state index contributed by atoms with van der Waals surface area (Å²) in [5.41, 5.74) is 1.99. The van der Waals surface area contributed by atoms with Crippen LogP contribution in [0.15, 0.2) is 46.3 Å². The van der Waals surface area contributed by atoms with Crippen LogP contribution in [0.2, 0.25) is 10.3 Å². The number of nitrogens with zero attached hydrogens (tertiary/aromatic N) is 2. The normalized spacial score (nSPS) is 10.6. The lowest BCUT2D eigenvalue weighted by atomic mass is 10.2. The number of nitrogens with one attached hydrogen (secondary N) is 1. The number of carbonyl (C=O) groups is 1. The molecule has 1 amide bonds. The summed E-state index contributed by atoms with van der Waals surface area (Å²) >= 11 is 16.4. The second-order valence-corrected chi connectivity index (χ2v) is 6.99. The number of thiazole rings is 1. The second kappa shape index (κ2) is 6.97. The van der Waals surface area contributed by atoms with Gasteiger partial charge in [-0.05, 0) is 24.3 Å². The third kappa shape index (κ3) is 3.90. The first kappa shape index (κ1) is 16.4. The number of amides is 1. The van der Waals surface area contributed by atoms with Crippen molar-refractivity contribution >= 4 is 61.5 Å². The van der Waals surface area contributed by atoms with Crippen LogP contribution in [0.4, 0.5) is 5.13 Å². The molecule has 4 nitrogen and oxygen atoms in total. The fourth-order valence-corrected chi connectivity index (χ4v) is 3.40. The zero-order valence-electron chi connectivity index (χ0n) is 11.4. The van der Waals surface area contributed by atoms with Crippen molar-refractivity contribution in [2.45, 2.75) is 0 Å². The van der Waals surface area contributed by atoms with E-state index in [1.165, 1.54) is 23.5 Å². The van der Waals surface area contributed by atoms with Gasteiger partial charge in [0.1, 0.15) is 10.3 Å². The van der Waals surface area contributed by atoms with Crippen molar-refractivity contribution in [1.82, 2.24) is 9.97 Å². The predicted octanol–water partition coefficient (Wildman–Crippen LogP) is 5.53. The van der Waals surface area contributed by atoms with Crippen LogP contribution < -0.4 is 5.32 Å². The van der Waals surface area contributed by atoms with Crippen LogP contribution in [0.3, 0.4) is 0 Å². The molecule has 3 rings (SSSR count). The van der Waals surface area contributed by atoms with E-state index >= 15 is 0 Å². The van der Waals surface area contributed by atoms with E-state index in [1.54, 1.807) is 0 Å². The SMILES string of the molecule is O=C(Nc1nc(-c2cccc(Br)c2)cs1)c1ccc(Cl)nc1Cl. The van der Waals surface area contributed by atoms with Crippen LogP contribution in [0.5, 0.6) is 0 Å². The molecule has 0 radical (unpaired) electrons. The molecule has 0 aliphatic carbocycles. The highest BCUT2D eigenvalue weighted by molar-refractivity contribution is 9.10. The van der Waals surface area contributed by atoms with Crippen molar-refractivity contribution in [2.75, 3.05) is 5.32 Å². The zero-order chi connectivity index (χ0) is 16.4. The number of anilines is 1. The van der Waals surface area contributed by atoms with Gasteiger partial charge in [-0.1, -0.05) is 51.3 Å². The maximum atomic E-state index is 12.2. The molecule has 2 aromatic heterocycles. The van der Waals surface area contributed by atoms with E-state index in [9.17, 15) is 4.79 Å². The quantitative estimate of drug-likeness (QED) is 0.558. The largest absolute Gasteiger partial charge is 0.298 e. The van der Waals surface area contributed by atoms with Crippen LogP contribution in [0, 0.1) is 0 Å². The molecule has 1 N–H and O–H groups in total. The number of aromatic nitrogens is 2. The molecule has 2 heterocycles. The highest BCUT2D eigenvalue weighted by Gasteiger charge is 2.14. The molecular weight excluding hydrogens is 421 g/mol. The summed E-state index contributed by atoms with van der Waals surface area (Å²) in [5.74, 6) is -0.380. The van der Waals surface area contributed by atoms with Crippen LogP contribution in [-0.4, -0.2) is 15.9 Å². The van der Waals surface area contributed by atoms with Crippen LogP contribution >= 0.6 is 50.5 Å². The summed E-state index contributed by atoms with van der Waals surface area (Å²) in [6.45, 7) is 0. The fraction of sp³-hybridized carbons (Fsp3) is 0. The summed E-state index contributed by atoms with van der Waals surface area (Å²) < 4.78 is 0.965. The number of pyridine rings is 1. The third-order valence-corrected chi connectivity index (χ3v) is 4.65. The number of rotatable bonds is 3. The Kier molecular flexibility index (Phi) is 4.96.